The zero-order chi connectivity index (χ0) is 21.0. The minimum absolute atomic E-state index is 0.0437. The van der Waals surface area contributed by atoms with Crippen LogP contribution in [0.4, 0.5) is 0 Å². The summed E-state index contributed by atoms with van der Waals surface area (Å²) in [5, 5.41) is 10.5. The first-order valence-electron chi connectivity index (χ1n) is 9.53. The predicted octanol–water partition coefficient (Wildman–Crippen LogP) is 3.50. The fraction of sp³-hybridized carbons (Fsp3) is 0.348. The molecule has 1 atom stereocenters. The largest absolute Gasteiger partial charge is 0.493 e. The molecule has 1 N–H and O–H groups in total. The molecule has 0 fully saturated rings. The Hall–Kier alpha value is -2.83. The number of hydrogen-bond donors (Lipinski definition) is 1. The van der Waals surface area contributed by atoms with Crippen molar-refractivity contribution in [3.8, 4) is 11.5 Å². The lowest BCUT2D eigenvalue weighted by atomic mass is 10.1. The van der Waals surface area contributed by atoms with E-state index in [2.05, 4.69) is 0 Å². The molecule has 1 aromatic heterocycles. The van der Waals surface area contributed by atoms with Gasteiger partial charge in [0.05, 0.1) is 32.0 Å². The summed E-state index contributed by atoms with van der Waals surface area (Å²) in [6.07, 6.45) is 0.980. The van der Waals surface area contributed by atoms with Crippen LogP contribution >= 0.6 is 0 Å². The molecular weight excluding hydrogens is 370 g/mol. The van der Waals surface area contributed by atoms with Gasteiger partial charge < -0.3 is 19.0 Å². The van der Waals surface area contributed by atoms with E-state index < -0.39 is 6.10 Å². The van der Waals surface area contributed by atoms with E-state index in [0.29, 0.717) is 47.7 Å². The molecule has 2 aromatic carbocycles. The average molecular weight is 397 g/mol. The van der Waals surface area contributed by atoms with Crippen LogP contribution in [-0.2, 0) is 13.1 Å². The van der Waals surface area contributed by atoms with Gasteiger partial charge in [-0.1, -0.05) is 17.7 Å². The Morgan fingerprint density at radius 2 is 1.83 bits per heavy atom. The number of nitrogens with zero attached hydrogens (tertiary/aromatic N) is 1. The van der Waals surface area contributed by atoms with Gasteiger partial charge in [-0.25, -0.2) is 0 Å². The number of methoxy groups -OCH3 is 2. The molecule has 29 heavy (non-hydrogen) atoms. The molecule has 0 aliphatic heterocycles. The average Bonchev–Trinajstić information content (AvgIpc) is 2.69. The smallest absolute Gasteiger partial charge is 0.197 e. The number of aliphatic hydroxyl groups excluding tert-OH is 1. The van der Waals surface area contributed by atoms with E-state index in [4.69, 9.17) is 13.9 Å². The number of aliphatic hydroxyl groups is 1. The molecule has 0 spiro atoms. The van der Waals surface area contributed by atoms with Crippen molar-refractivity contribution in [2.24, 2.45) is 0 Å². The second-order valence-electron chi connectivity index (χ2n) is 7.30. The Labute approximate surface area is 170 Å². The van der Waals surface area contributed by atoms with E-state index in [-0.39, 0.29) is 5.43 Å². The van der Waals surface area contributed by atoms with Gasteiger partial charge >= 0.3 is 0 Å². The predicted molar refractivity (Wildman–Crippen MR) is 113 cm³/mol. The summed E-state index contributed by atoms with van der Waals surface area (Å²) in [6, 6.07) is 11.3. The number of fused-ring (bicyclic) bond motifs is 1. The van der Waals surface area contributed by atoms with Crippen molar-refractivity contribution < 1.29 is 19.0 Å². The SMILES string of the molecule is COc1ccc(CN(Cc2coc3ccc(C)cc3c2=O)C[C@H](C)O)cc1OC. The Morgan fingerprint density at radius 3 is 2.52 bits per heavy atom. The molecule has 0 aliphatic carbocycles. The molecule has 0 aliphatic rings. The van der Waals surface area contributed by atoms with Crippen LogP contribution in [0.15, 0.2) is 51.9 Å². The number of hydrogen-bond acceptors (Lipinski definition) is 6. The van der Waals surface area contributed by atoms with Gasteiger partial charge in [-0.3, -0.25) is 9.69 Å². The van der Waals surface area contributed by atoms with Crippen LogP contribution in [-0.4, -0.2) is 36.9 Å². The van der Waals surface area contributed by atoms with Crippen molar-refractivity contribution in [2.45, 2.75) is 33.0 Å². The maximum absolute atomic E-state index is 13.0. The fourth-order valence-electron chi connectivity index (χ4n) is 3.43. The Morgan fingerprint density at radius 1 is 1.07 bits per heavy atom. The molecule has 0 bridgehead atoms. The van der Waals surface area contributed by atoms with Crippen molar-refractivity contribution in [2.75, 3.05) is 20.8 Å². The summed E-state index contributed by atoms with van der Waals surface area (Å²) in [5.41, 5.74) is 3.09. The Kier molecular flexibility index (Phi) is 6.56. The highest BCUT2D eigenvalue weighted by Crippen LogP contribution is 2.28. The van der Waals surface area contributed by atoms with Gasteiger partial charge in [0.15, 0.2) is 16.9 Å². The van der Waals surface area contributed by atoms with E-state index in [1.807, 2.05) is 48.2 Å². The second kappa shape index (κ2) is 9.11. The standard InChI is InChI=1S/C23H27NO5/c1-15-5-7-20-19(9-15)23(26)18(14-29-20)13-24(11-16(2)25)12-17-6-8-21(27-3)22(10-17)28-4/h5-10,14,16,25H,11-13H2,1-4H3/t16-/m0/s1. The highest BCUT2D eigenvalue weighted by atomic mass is 16.5. The van der Waals surface area contributed by atoms with Crippen molar-refractivity contribution in [1.29, 1.82) is 0 Å². The van der Waals surface area contributed by atoms with E-state index in [0.717, 1.165) is 11.1 Å². The molecule has 0 saturated carbocycles. The van der Waals surface area contributed by atoms with Crippen molar-refractivity contribution in [3.63, 3.8) is 0 Å². The number of benzene rings is 2. The van der Waals surface area contributed by atoms with Crippen molar-refractivity contribution in [3.05, 3.63) is 69.6 Å². The summed E-state index contributed by atoms with van der Waals surface area (Å²) in [5.74, 6) is 1.30. The van der Waals surface area contributed by atoms with E-state index in [1.165, 1.54) is 6.26 Å². The monoisotopic (exact) mass is 397 g/mol. The van der Waals surface area contributed by atoms with Crippen LogP contribution < -0.4 is 14.9 Å². The summed E-state index contributed by atoms with van der Waals surface area (Å²) >= 11 is 0. The maximum atomic E-state index is 13.0. The molecule has 3 aromatic rings. The summed E-state index contributed by atoms with van der Waals surface area (Å²) in [7, 11) is 3.19. The van der Waals surface area contributed by atoms with Gasteiger partial charge in [-0.2, -0.15) is 0 Å². The fourth-order valence-corrected chi connectivity index (χ4v) is 3.43. The molecule has 0 saturated heterocycles. The van der Waals surface area contributed by atoms with Crippen LogP contribution in [0.1, 0.15) is 23.6 Å². The topological polar surface area (TPSA) is 72.1 Å². The zero-order valence-electron chi connectivity index (χ0n) is 17.3. The van der Waals surface area contributed by atoms with Gasteiger partial charge in [-0.15, -0.1) is 0 Å². The Bertz CT molecular complexity index is 1040. The zero-order valence-corrected chi connectivity index (χ0v) is 17.3. The van der Waals surface area contributed by atoms with Gasteiger partial charge in [0.2, 0.25) is 0 Å². The third kappa shape index (κ3) is 4.96. The molecular formula is C23H27NO5. The second-order valence-corrected chi connectivity index (χ2v) is 7.30. The van der Waals surface area contributed by atoms with Gasteiger partial charge in [0, 0.05) is 25.2 Å². The van der Waals surface area contributed by atoms with Gasteiger partial charge in [0.1, 0.15) is 5.58 Å². The highest BCUT2D eigenvalue weighted by Gasteiger charge is 2.15. The minimum Gasteiger partial charge on any atom is -0.493 e. The summed E-state index contributed by atoms with van der Waals surface area (Å²) in [6.45, 7) is 5.00. The molecule has 0 radical (unpaired) electrons. The van der Waals surface area contributed by atoms with E-state index >= 15 is 0 Å². The summed E-state index contributed by atoms with van der Waals surface area (Å²) in [4.78, 5) is 15.0. The molecule has 154 valence electrons. The van der Waals surface area contributed by atoms with Crippen molar-refractivity contribution in [1.82, 2.24) is 4.90 Å². The van der Waals surface area contributed by atoms with Gasteiger partial charge in [-0.05, 0) is 43.7 Å². The van der Waals surface area contributed by atoms with E-state index in [1.54, 1.807) is 21.1 Å². The Balaban J connectivity index is 1.89. The third-order valence-electron chi connectivity index (χ3n) is 4.77. The normalized spacial score (nSPS) is 12.3. The molecule has 0 unspecified atom stereocenters. The first-order chi connectivity index (χ1) is 13.9. The third-order valence-corrected chi connectivity index (χ3v) is 4.77. The minimum atomic E-state index is -0.537. The molecule has 1 heterocycles. The van der Waals surface area contributed by atoms with Gasteiger partial charge in [0.25, 0.3) is 0 Å². The van der Waals surface area contributed by atoms with E-state index in [9.17, 15) is 9.90 Å². The number of ether oxygens (including phenoxy) is 2. The quantitative estimate of drug-likeness (QED) is 0.627. The lowest BCUT2D eigenvalue weighted by molar-refractivity contribution is 0.117. The van der Waals surface area contributed by atoms with Crippen LogP contribution in [0, 0.1) is 6.92 Å². The van der Waals surface area contributed by atoms with Crippen LogP contribution in [0.25, 0.3) is 11.0 Å². The molecule has 6 nitrogen and oxygen atoms in total. The molecule has 0 amide bonds. The highest BCUT2D eigenvalue weighted by molar-refractivity contribution is 5.77. The van der Waals surface area contributed by atoms with Crippen LogP contribution in [0.3, 0.4) is 0 Å². The van der Waals surface area contributed by atoms with Crippen LogP contribution in [0.2, 0.25) is 0 Å². The first-order valence-corrected chi connectivity index (χ1v) is 9.53. The van der Waals surface area contributed by atoms with Crippen LogP contribution in [0.5, 0.6) is 11.5 Å². The molecule has 6 heteroatoms. The number of aryl methyl sites for hydroxylation is 1. The number of rotatable bonds is 8. The molecule has 3 rings (SSSR count). The van der Waals surface area contributed by atoms with Crippen molar-refractivity contribution >= 4 is 11.0 Å². The first kappa shape index (κ1) is 20.9. The lowest BCUT2D eigenvalue weighted by Gasteiger charge is -2.24. The lowest BCUT2D eigenvalue weighted by Crippen LogP contribution is -2.32. The maximum Gasteiger partial charge on any atom is 0.197 e. The summed E-state index contributed by atoms with van der Waals surface area (Å²) < 4.78 is 16.3.